The molecule has 0 radical (unpaired) electrons. The highest BCUT2D eigenvalue weighted by Crippen LogP contribution is 2.43. The molecular formula is C24H17ClF4N2O3. The normalized spacial score (nSPS) is 13.9. The number of pyridine rings is 2. The van der Waals surface area contributed by atoms with E-state index < -0.39 is 23.5 Å². The average Bonchev–Trinajstić information content (AvgIpc) is 3.28. The number of carboxylic acids is 1. The number of benzene rings is 1. The second-order valence-corrected chi connectivity index (χ2v) is 7.99. The third kappa shape index (κ3) is 4.89. The van der Waals surface area contributed by atoms with Gasteiger partial charge in [-0.25, -0.2) is 19.2 Å². The van der Waals surface area contributed by atoms with Gasteiger partial charge in [0.2, 0.25) is 5.88 Å². The van der Waals surface area contributed by atoms with Crippen LogP contribution in [0.5, 0.6) is 5.88 Å². The van der Waals surface area contributed by atoms with Crippen LogP contribution < -0.4 is 4.74 Å². The molecule has 1 aliphatic carbocycles. The summed E-state index contributed by atoms with van der Waals surface area (Å²) in [4.78, 5) is 19.3. The summed E-state index contributed by atoms with van der Waals surface area (Å²) in [6, 6.07) is 9.50. The first kappa shape index (κ1) is 23.7. The fourth-order valence-electron chi connectivity index (χ4n) is 3.79. The van der Waals surface area contributed by atoms with E-state index in [0.29, 0.717) is 42.3 Å². The van der Waals surface area contributed by atoms with Crippen molar-refractivity contribution in [2.24, 2.45) is 0 Å². The Morgan fingerprint density at radius 1 is 1.12 bits per heavy atom. The molecule has 2 heterocycles. The highest BCUT2D eigenvalue weighted by Gasteiger charge is 2.33. The number of hydrogen-bond donors (Lipinski definition) is 1. The summed E-state index contributed by atoms with van der Waals surface area (Å²) in [7, 11) is 0. The number of ether oxygens (including phenoxy) is 1. The zero-order valence-electron chi connectivity index (χ0n) is 17.5. The summed E-state index contributed by atoms with van der Waals surface area (Å²) in [5.41, 5.74) is 0.480. The maximum atomic E-state index is 14.2. The van der Waals surface area contributed by atoms with Gasteiger partial charge in [-0.3, -0.25) is 0 Å². The molecule has 0 saturated carbocycles. The van der Waals surface area contributed by atoms with Gasteiger partial charge in [-0.15, -0.1) is 0 Å². The van der Waals surface area contributed by atoms with Gasteiger partial charge >= 0.3 is 12.1 Å². The maximum absolute atomic E-state index is 14.2. The summed E-state index contributed by atoms with van der Waals surface area (Å²) < 4.78 is 60.2. The lowest BCUT2D eigenvalue weighted by Gasteiger charge is -2.16. The topological polar surface area (TPSA) is 72.3 Å². The number of alkyl halides is 3. The van der Waals surface area contributed by atoms with Gasteiger partial charge in [-0.05, 0) is 60.7 Å². The molecular weight excluding hydrogens is 476 g/mol. The van der Waals surface area contributed by atoms with Crippen molar-refractivity contribution < 1.29 is 32.2 Å². The molecule has 0 spiro atoms. The van der Waals surface area contributed by atoms with E-state index in [2.05, 4.69) is 9.97 Å². The minimum Gasteiger partial charge on any atom is -0.477 e. The average molecular weight is 493 g/mol. The van der Waals surface area contributed by atoms with Gasteiger partial charge in [0.15, 0.2) is 0 Å². The van der Waals surface area contributed by atoms with Crippen molar-refractivity contribution in [3.05, 3.63) is 87.6 Å². The quantitative estimate of drug-likeness (QED) is 0.389. The van der Waals surface area contributed by atoms with Crippen LogP contribution in [0.3, 0.4) is 0 Å². The third-order valence-corrected chi connectivity index (χ3v) is 5.77. The Bertz CT molecular complexity index is 1270. The number of allylic oxidation sites excluding steroid dienone is 2. The van der Waals surface area contributed by atoms with Crippen LogP contribution in [0.4, 0.5) is 17.6 Å². The van der Waals surface area contributed by atoms with Crippen molar-refractivity contribution in [1.82, 2.24) is 9.97 Å². The molecule has 0 atom stereocenters. The zero-order chi connectivity index (χ0) is 24.5. The second kappa shape index (κ2) is 9.42. The fourth-order valence-corrected chi connectivity index (χ4v) is 4.01. The molecule has 10 heteroatoms. The monoisotopic (exact) mass is 492 g/mol. The molecule has 176 valence electrons. The lowest BCUT2D eigenvalue weighted by atomic mass is 9.99. The largest absolute Gasteiger partial charge is 0.477 e. The lowest BCUT2D eigenvalue weighted by molar-refractivity contribution is -0.137. The number of rotatable bonds is 6. The summed E-state index contributed by atoms with van der Waals surface area (Å²) in [5, 5.41) is 9.37. The third-order valence-electron chi connectivity index (χ3n) is 5.41. The van der Waals surface area contributed by atoms with E-state index in [-0.39, 0.29) is 34.3 Å². The molecule has 0 fully saturated rings. The molecule has 0 unspecified atom stereocenters. The van der Waals surface area contributed by atoms with Crippen LogP contribution in [0.15, 0.2) is 48.7 Å². The summed E-state index contributed by atoms with van der Waals surface area (Å²) in [6.07, 6.45) is -2.47. The Labute approximate surface area is 196 Å². The highest BCUT2D eigenvalue weighted by atomic mass is 35.5. The van der Waals surface area contributed by atoms with E-state index in [4.69, 9.17) is 16.3 Å². The van der Waals surface area contributed by atoms with E-state index in [1.165, 1.54) is 30.3 Å². The van der Waals surface area contributed by atoms with Crippen LogP contribution in [0.1, 0.15) is 52.1 Å². The molecule has 1 aromatic carbocycles. The van der Waals surface area contributed by atoms with E-state index in [1.807, 2.05) is 0 Å². The van der Waals surface area contributed by atoms with Crippen molar-refractivity contribution >= 4 is 28.7 Å². The van der Waals surface area contributed by atoms with Gasteiger partial charge in [0.25, 0.3) is 0 Å². The Morgan fingerprint density at radius 3 is 2.56 bits per heavy atom. The molecule has 3 aromatic rings. The van der Waals surface area contributed by atoms with Crippen LogP contribution in [0, 0.1) is 5.82 Å². The lowest BCUT2D eigenvalue weighted by Crippen LogP contribution is -2.09. The van der Waals surface area contributed by atoms with Crippen LogP contribution in [-0.4, -0.2) is 21.0 Å². The van der Waals surface area contributed by atoms with Crippen LogP contribution in [0.2, 0.25) is 5.02 Å². The summed E-state index contributed by atoms with van der Waals surface area (Å²) in [5.74, 6) is -1.94. The molecule has 1 N–H and O–H groups in total. The number of carbonyl (C=O) groups is 1. The van der Waals surface area contributed by atoms with Crippen molar-refractivity contribution in [1.29, 1.82) is 0 Å². The van der Waals surface area contributed by atoms with E-state index in [1.54, 1.807) is 6.07 Å². The van der Waals surface area contributed by atoms with Gasteiger partial charge < -0.3 is 9.84 Å². The highest BCUT2D eigenvalue weighted by molar-refractivity contribution is 6.31. The van der Waals surface area contributed by atoms with Crippen LogP contribution >= 0.6 is 11.6 Å². The number of nitrogens with zero attached hydrogens (tertiary/aromatic N) is 2. The number of halogens is 5. The van der Waals surface area contributed by atoms with E-state index in [0.717, 1.165) is 6.07 Å². The molecule has 0 saturated heterocycles. The first-order valence-corrected chi connectivity index (χ1v) is 10.6. The molecule has 5 nitrogen and oxygen atoms in total. The molecule has 4 rings (SSSR count). The van der Waals surface area contributed by atoms with Gasteiger partial charge in [0.05, 0.1) is 16.3 Å². The van der Waals surface area contributed by atoms with Gasteiger partial charge in [0.1, 0.15) is 18.1 Å². The fraction of sp³-hybridized carbons (Fsp3) is 0.208. The standard InChI is InChI=1S/C24H17ClF4N2O3/c25-18-6-2-7-19(26)17(18)12-34-22-16(10-13(11-30-22)24(27,28)29)14-4-1-5-15(14)20-8-3-9-21(31-20)23(32)33/h2-3,6-11H,1,4-5,12H2,(H,32,33). The molecule has 0 aliphatic heterocycles. The zero-order valence-corrected chi connectivity index (χ0v) is 18.3. The molecule has 1 aliphatic rings. The number of aromatic carboxylic acids is 1. The predicted octanol–water partition coefficient (Wildman–Crippen LogP) is 6.66. The van der Waals surface area contributed by atoms with Crippen LogP contribution in [-0.2, 0) is 12.8 Å². The second-order valence-electron chi connectivity index (χ2n) is 7.59. The Hall–Kier alpha value is -3.46. The molecule has 0 bridgehead atoms. The number of carboxylic acid groups (broad SMARTS) is 1. The summed E-state index contributed by atoms with van der Waals surface area (Å²) >= 11 is 6.04. The first-order chi connectivity index (χ1) is 16.1. The molecule has 0 amide bonds. The van der Waals surface area contributed by atoms with Crippen molar-refractivity contribution in [2.45, 2.75) is 32.0 Å². The Balaban J connectivity index is 1.80. The minimum atomic E-state index is -4.64. The number of aromatic nitrogens is 2. The number of hydrogen-bond acceptors (Lipinski definition) is 4. The Morgan fingerprint density at radius 2 is 1.85 bits per heavy atom. The van der Waals surface area contributed by atoms with Gasteiger partial charge in [0, 0.05) is 17.3 Å². The van der Waals surface area contributed by atoms with Crippen molar-refractivity contribution in [3.8, 4) is 5.88 Å². The molecule has 2 aromatic heterocycles. The van der Waals surface area contributed by atoms with Gasteiger partial charge in [-0.1, -0.05) is 23.7 Å². The van der Waals surface area contributed by atoms with Crippen LogP contribution in [0.25, 0.3) is 11.1 Å². The predicted molar refractivity (Wildman–Crippen MR) is 117 cm³/mol. The van der Waals surface area contributed by atoms with Gasteiger partial charge in [-0.2, -0.15) is 13.2 Å². The Kier molecular flexibility index (Phi) is 6.56. The smallest absolute Gasteiger partial charge is 0.417 e. The van der Waals surface area contributed by atoms with E-state index >= 15 is 0 Å². The van der Waals surface area contributed by atoms with E-state index in [9.17, 15) is 27.5 Å². The minimum absolute atomic E-state index is 0.0493. The maximum Gasteiger partial charge on any atom is 0.417 e. The first-order valence-electron chi connectivity index (χ1n) is 10.2. The van der Waals surface area contributed by atoms with Crippen molar-refractivity contribution in [3.63, 3.8) is 0 Å². The molecule has 34 heavy (non-hydrogen) atoms. The SMILES string of the molecule is O=C(O)c1cccc(C2=C(c3cc(C(F)(F)F)cnc3OCc3c(F)cccc3Cl)CCC2)n1. The summed E-state index contributed by atoms with van der Waals surface area (Å²) in [6.45, 7) is -0.341. The van der Waals surface area contributed by atoms with Crippen molar-refractivity contribution in [2.75, 3.05) is 0 Å².